The highest BCUT2D eigenvalue weighted by Crippen LogP contribution is 2.21. The zero-order chi connectivity index (χ0) is 11.0. The molecule has 0 saturated carbocycles. The van der Waals surface area contributed by atoms with Crippen LogP contribution in [0, 0.1) is 6.92 Å². The van der Waals surface area contributed by atoms with Crippen molar-refractivity contribution in [3.63, 3.8) is 0 Å². The van der Waals surface area contributed by atoms with Crippen LogP contribution in [0.3, 0.4) is 0 Å². The lowest BCUT2D eigenvalue weighted by molar-refractivity contribution is 0.101. The van der Waals surface area contributed by atoms with Gasteiger partial charge in [0.25, 0.3) is 0 Å². The number of imidazole rings is 1. The second-order valence-corrected chi connectivity index (χ2v) is 3.37. The van der Waals surface area contributed by atoms with E-state index in [1.165, 1.54) is 6.92 Å². The molecule has 0 amide bonds. The zero-order valence-electron chi connectivity index (χ0n) is 8.94. The van der Waals surface area contributed by atoms with E-state index >= 15 is 0 Å². The maximum absolute atomic E-state index is 11.4. The summed E-state index contributed by atoms with van der Waals surface area (Å²) in [6.45, 7) is 3.36. The van der Waals surface area contributed by atoms with Crippen LogP contribution in [0.5, 0.6) is 5.75 Å². The number of hydrogen-bond acceptors (Lipinski definition) is 3. The Bertz CT molecular complexity index is 529. The van der Waals surface area contributed by atoms with Gasteiger partial charge in [-0.1, -0.05) is 0 Å². The lowest BCUT2D eigenvalue weighted by Gasteiger charge is -2.02. The summed E-state index contributed by atoms with van der Waals surface area (Å²) in [5.41, 5.74) is 2.03. The Hall–Kier alpha value is -1.84. The molecule has 0 fully saturated rings. The van der Waals surface area contributed by atoms with Crippen LogP contribution in [0.2, 0.25) is 0 Å². The van der Waals surface area contributed by atoms with Gasteiger partial charge in [-0.15, -0.1) is 0 Å². The average Bonchev–Trinajstić information content (AvgIpc) is 2.53. The molecule has 15 heavy (non-hydrogen) atoms. The van der Waals surface area contributed by atoms with E-state index in [2.05, 4.69) is 4.98 Å². The first-order valence-corrected chi connectivity index (χ1v) is 4.67. The minimum atomic E-state index is 0.00764. The summed E-state index contributed by atoms with van der Waals surface area (Å²) >= 11 is 0. The van der Waals surface area contributed by atoms with Gasteiger partial charge in [0.15, 0.2) is 17.2 Å². The fraction of sp³-hybridized carbons (Fsp3) is 0.273. The second-order valence-electron chi connectivity index (χ2n) is 3.37. The highest BCUT2D eigenvalue weighted by atomic mass is 16.5. The van der Waals surface area contributed by atoms with Gasteiger partial charge in [0.2, 0.25) is 0 Å². The van der Waals surface area contributed by atoms with Gasteiger partial charge in [0, 0.05) is 13.1 Å². The Morgan fingerprint density at radius 1 is 1.53 bits per heavy atom. The number of aromatic nitrogens is 2. The van der Waals surface area contributed by atoms with Gasteiger partial charge < -0.3 is 4.74 Å². The molecule has 4 nitrogen and oxygen atoms in total. The van der Waals surface area contributed by atoms with Crippen LogP contribution < -0.4 is 4.74 Å². The van der Waals surface area contributed by atoms with Crippen LogP contribution in [-0.4, -0.2) is 22.3 Å². The van der Waals surface area contributed by atoms with Crippen molar-refractivity contribution in [3.8, 4) is 5.75 Å². The number of pyridine rings is 1. The molecule has 0 aliphatic carbocycles. The third-order valence-corrected chi connectivity index (χ3v) is 2.34. The normalized spacial score (nSPS) is 10.6. The van der Waals surface area contributed by atoms with Crippen molar-refractivity contribution in [3.05, 3.63) is 29.7 Å². The van der Waals surface area contributed by atoms with Crippen LogP contribution in [0.1, 0.15) is 23.1 Å². The van der Waals surface area contributed by atoms with E-state index in [9.17, 15) is 4.79 Å². The molecule has 78 valence electrons. The molecule has 0 atom stereocenters. The molecule has 0 unspecified atom stereocenters. The molecule has 0 saturated heterocycles. The van der Waals surface area contributed by atoms with Gasteiger partial charge >= 0.3 is 0 Å². The molecule has 0 bridgehead atoms. The summed E-state index contributed by atoms with van der Waals surface area (Å²) < 4.78 is 6.94. The van der Waals surface area contributed by atoms with E-state index in [0.717, 1.165) is 5.69 Å². The second kappa shape index (κ2) is 3.38. The maximum Gasteiger partial charge on any atom is 0.180 e. The lowest BCUT2D eigenvalue weighted by atomic mass is 10.2. The van der Waals surface area contributed by atoms with Gasteiger partial charge in [0.1, 0.15) is 5.69 Å². The smallest absolute Gasteiger partial charge is 0.180 e. The third-order valence-electron chi connectivity index (χ3n) is 2.34. The van der Waals surface area contributed by atoms with Gasteiger partial charge in [-0.2, -0.15) is 0 Å². The molecule has 0 spiro atoms. The highest BCUT2D eigenvalue weighted by Gasteiger charge is 2.14. The van der Waals surface area contributed by atoms with Crippen molar-refractivity contribution in [2.45, 2.75) is 13.8 Å². The lowest BCUT2D eigenvalue weighted by Crippen LogP contribution is -2.00. The topological polar surface area (TPSA) is 43.6 Å². The number of aryl methyl sites for hydroxylation is 1. The molecule has 0 aliphatic heterocycles. The fourth-order valence-corrected chi connectivity index (χ4v) is 1.74. The predicted octanol–water partition coefficient (Wildman–Crippen LogP) is 1.85. The minimum Gasteiger partial charge on any atom is -0.493 e. The number of fused-ring (bicyclic) bond motifs is 1. The number of carbonyl (C=O) groups is 1. The minimum absolute atomic E-state index is 0.00764. The fourth-order valence-electron chi connectivity index (χ4n) is 1.74. The summed E-state index contributed by atoms with van der Waals surface area (Å²) in [6.07, 6.45) is 1.81. The first-order valence-electron chi connectivity index (χ1n) is 4.67. The first kappa shape index (κ1) is 9.71. The van der Waals surface area contributed by atoms with Crippen LogP contribution in [-0.2, 0) is 0 Å². The van der Waals surface area contributed by atoms with E-state index in [1.54, 1.807) is 11.5 Å². The summed E-state index contributed by atoms with van der Waals surface area (Å²) in [5, 5.41) is 0. The maximum atomic E-state index is 11.4. The van der Waals surface area contributed by atoms with E-state index in [1.807, 2.05) is 25.3 Å². The number of methoxy groups -OCH3 is 1. The molecule has 2 aromatic heterocycles. The highest BCUT2D eigenvalue weighted by molar-refractivity contribution is 5.94. The quantitative estimate of drug-likeness (QED) is 0.701. The number of nitrogens with zero attached hydrogens (tertiary/aromatic N) is 2. The predicted molar refractivity (Wildman–Crippen MR) is 56.5 cm³/mol. The van der Waals surface area contributed by atoms with Crippen LogP contribution >= 0.6 is 0 Å². The average molecular weight is 204 g/mol. The van der Waals surface area contributed by atoms with Crippen molar-refractivity contribution < 1.29 is 9.53 Å². The van der Waals surface area contributed by atoms with Crippen molar-refractivity contribution in [1.29, 1.82) is 0 Å². The molecule has 2 aromatic rings. The largest absolute Gasteiger partial charge is 0.493 e. The SMILES string of the molecule is COc1cccn2c(C(C)=O)c(C)nc12. The van der Waals surface area contributed by atoms with E-state index in [4.69, 9.17) is 4.74 Å². The number of carbonyl (C=O) groups excluding carboxylic acids is 1. The zero-order valence-corrected chi connectivity index (χ0v) is 8.94. The molecule has 0 N–H and O–H groups in total. The molecule has 0 radical (unpaired) electrons. The van der Waals surface area contributed by atoms with E-state index in [-0.39, 0.29) is 5.78 Å². The van der Waals surface area contributed by atoms with Gasteiger partial charge in [-0.25, -0.2) is 4.98 Å². The number of rotatable bonds is 2. The number of hydrogen-bond donors (Lipinski definition) is 0. The van der Waals surface area contributed by atoms with Crippen LogP contribution in [0.25, 0.3) is 5.65 Å². The first-order chi connectivity index (χ1) is 7.15. The Morgan fingerprint density at radius 3 is 2.87 bits per heavy atom. The molecule has 4 heteroatoms. The standard InChI is InChI=1S/C11H12N2O2/c1-7-10(8(2)14)13-6-4-5-9(15-3)11(13)12-7/h4-6H,1-3H3. The molecular formula is C11H12N2O2. The third kappa shape index (κ3) is 1.38. The Balaban J connectivity index is 2.84. The molecule has 0 aliphatic rings. The summed E-state index contributed by atoms with van der Waals surface area (Å²) in [4.78, 5) is 15.8. The molecule has 2 heterocycles. The Morgan fingerprint density at radius 2 is 2.27 bits per heavy atom. The Kier molecular flexibility index (Phi) is 2.19. The van der Waals surface area contributed by atoms with Gasteiger partial charge in [-0.05, 0) is 19.1 Å². The molecule has 2 rings (SSSR count). The number of ether oxygens (including phenoxy) is 1. The summed E-state index contributed by atoms with van der Waals surface area (Å²) in [7, 11) is 1.59. The molecule has 0 aromatic carbocycles. The van der Waals surface area contributed by atoms with Crippen molar-refractivity contribution >= 4 is 11.4 Å². The monoisotopic (exact) mass is 204 g/mol. The van der Waals surface area contributed by atoms with E-state index < -0.39 is 0 Å². The van der Waals surface area contributed by atoms with E-state index in [0.29, 0.717) is 17.1 Å². The summed E-state index contributed by atoms with van der Waals surface area (Å²) in [5.74, 6) is 0.682. The van der Waals surface area contributed by atoms with Gasteiger partial charge in [0.05, 0.1) is 12.8 Å². The Labute approximate surface area is 87.5 Å². The van der Waals surface area contributed by atoms with Crippen molar-refractivity contribution in [1.82, 2.24) is 9.38 Å². The van der Waals surface area contributed by atoms with Crippen LogP contribution in [0.4, 0.5) is 0 Å². The number of ketones is 1. The summed E-state index contributed by atoms with van der Waals surface area (Å²) in [6, 6.07) is 3.66. The van der Waals surface area contributed by atoms with Crippen molar-refractivity contribution in [2.24, 2.45) is 0 Å². The molecular weight excluding hydrogens is 192 g/mol. The van der Waals surface area contributed by atoms with Crippen LogP contribution in [0.15, 0.2) is 18.3 Å². The van der Waals surface area contributed by atoms with Gasteiger partial charge in [-0.3, -0.25) is 9.20 Å². The number of Topliss-reactive ketones (excluding diaryl/α,β-unsaturated/α-hetero) is 1. The van der Waals surface area contributed by atoms with Crippen molar-refractivity contribution in [2.75, 3.05) is 7.11 Å².